The summed E-state index contributed by atoms with van der Waals surface area (Å²) in [7, 11) is 0. The molecule has 0 fully saturated rings. The molecule has 0 aliphatic heterocycles. The second-order valence-corrected chi connectivity index (χ2v) is 5.50. The average molecular weight is 299 g/mol. The lowest BCUT2D eigenvalue weighted by Gasteiger charge is -2.30. The van der Waals surface area contributed by atoms with Gasteiger partial charge in [0.05, 0.1) is 13.0 Å². The number of hydrogen-bond donors (Lipinski definition) is 2. The summed E-state index contributed by atoms with van der Waals surface area (Å²) < 4.78 is 39.7. The van der Waals surface area contributed by atoms with Crippen LogP contribution in [0.5, 0.6) is 0 Å². The number of hydrogen-bond acceptors (Lipinski definition) is 3. The van der Waals surface area contributed by atoms with E-state index in [-0.39, 0.29) is 19.4 Å². The van der Waals surface area contributed by atoms with E-state index in [1.165, 1.54) is 0 Å². The minimum atomic E-state index is -4.42. The first-order valence-corrected chi connectivity index (χ1v) is 6.07. The number of carbonyl (C=O) groups excluding carboxylic acids is 1. The molecule has 0 saturated heterocycles. The highest BCUT2D eigenvalue weighted by atomic mass is 19.4. The predicted molar refractivity (Wildman–Crippen MR) is 65.1 cm³/mol. The summed E-state index contributed by atoms with van der Waals surface area (Å²) in [5, 5.41) is 11.3. The maximum absolute atomic E-state index is 11.8. The zero-order chi connectivity index (χ0) is 16.0. The van der Waals surface area contributed by atoms with Crippen LogP contribution in [-0.4, -0.2) is 42.4 Å². The average Bonchev–Trinajstić information content (AvgIpc) is 2.20. The first-order valence-electron chi connectivity index (χ1n) is 6.07. The van der Waals surface area contributed by atoms with E-state index in [0.717, 1.165) is 0 Å². The molecule has 0 rings (SSSR count). The number of alkyl halides is 3. The zero-order valence-corrected chi connectivity index (χ0v) is 11.7. The number of aliphatic carboxylic acids is 1. The number of ether oxygens (including phenoxy) is 1. The van der Waals surface area contributed by atoms with Gasteiger partial charge in [0.25, 0.3) is 0 Å². The molecule has 118 valence electrons. The molecule has 5 nitrogen and oxygen atoms in total. The van der Waals surface area contributed by atoms with Crippen LogP contribution >= 0.6 is 0 Å². The Morgan fingerprint density at radius 3 is 2.20 bits per heavy atom. The van der Waals surface area contributed by atoms with Gasteiger partial charge in [0, 0.05) is 12.5 Å². The van der Waals surface area contributed by atoms with Gasteiger partial charge in [-0.3, -0.25) is 9.59 Å². The van der Waals surface area contributed by atoms with E-state index in [1.54, 1.807) is 20.8 Å². The monoisotopic (exact) mass is 299 g/mol. The van der Waals surface area contributed by atoms with Crippen molar-refractivity contribution in [3.63, 3.8) is 0 Å². The van der Waals surface area contributed by atoms with Gasteiger partial charge in [0.2, 0.25) is 5.91 Å². The third-order valence-electron chi connectivity index (χ3n) is 2.50. The molecule has 1 amide bonds. The Morgan fingerprint density at radius 2 is 1.80 bits per heavy atom. The Labute approximate surface area is 115 Å². The molecule has 0 aromatic heterocycles. The number of amides is 1. The molecule has 0 aromatic carbocycles. The van der Waals surface area contributed by atoms with Gasteiger partial charge in [-0.1, -0.05) is 20.8 Å². The van der Waals surface area contributed by atoms with E-state index >= 15 is 0 Å². The van der Waals surface area contributed by atoms with Crippen LogP contribution in [0, 0.1) is 5.41 Å². The lowest BCUT2D eigenvalue weighted by atomic mass is 9.84. The van der Waals surface area contributed by atoms with Crippen molar-refractivity contribution in [3.05, 3.63) is 0 Å². The molecule has 1 unspecified atom stereocenters. The number of nitrogens with one attached hydrogen (secondary N) is 1. The van der Waals surface area contributed by atoms with Crippen molar-refractivity contribution >= 4 is 11.9 Å². The normalized spacial score (nSPS) is 13.9. The Bertz CT molecular complexity index is 337. The number of carboxylic acids is 1. The third-order valence-corrected chi connectivity index (χ3v) is 2.50. The fourth-order valence-electron chi connectivity index (χ4n) is 1.37. The van der Waals surface area contributed by atoms with Crippen molar-refractivity contribution in [1.82, 2.24) is 5.32 Å². The molecule has 1 atom stereocenters. The van der Waals surface area contributed by atoms with Gasteiger partial charge in [0.1, 0.15) is 6.61 Å². The van der Waals surface area contributed by atoms with Gasteiger partial charge in [-0.15, -0.1) is 0 Å². The van der Waals surface area contributed by atoms with Crippen LogP contribution in [-0.2, 0) is 14.3 Å². The molecule has 0 aliphatic carbocycles. The van der Waals surface area contributed by atoms with Crippen LogP contribution in [0.25, 0.3) is 0 Å². The Morgan fingerprint density at radius 1 is 1.25 bits per heavy atom. The van der Waals surface area contributed by atoms with Crippen molar-refractivity contribution in [2.24, 2.45) is 5.41 Å². The highest BCUT2D eigenvalue weighted by Gasteiger charge is 2.29. The van der Waals surface area contributed by atoms with Gasteiger partial charge >= 0.3 is 12.1 Å². The highest BCUT2D eigenvalue weighted by molar-refractivity contribution is 5.77. The van der Waals surface area contributed by atoms with E-state index in [9.17, 15) is 22.8 Å². The van der Waals surface area contributed by atoms with Crippen LogP contribution in [0.2, 0.25) is 0 Å². The molecule has 20 heavy (non-hydrogen) atoms. The first kappa shape index (κ1) is 18.7. The molecule has 0 heterocycles. The molecule has 0 saturated carbocycles. The third kappa shape index (κ3) is 9.60. The van der Waals surface area contributed by atoms with Crippen LogP contribution in [0.1, 0.15) is 33.6 Å². The van der Waals surface area contributed by atoms with Crippen LogP contribution in [0.15, 0.2) is 0 Å². The van der Waals surface area contributed by atoms with Crippen molar-refractivity contribution in [3.8, 4) is 0 Å². The summed E-state index contributed by atoms with van der Waals surface area (Å²) in [6, 6.07) is -0.602. The van der Waals surface area contributed by atoms with E-state index < -0.39 is 36.1 Å². The van der Waals surface area contributed by atoms with Gasteiger partial charge < -0.3 is 15.2 Å². The van der Waals surface area contributed by atoms with E-state index in [2.05, 4.69) is 10.1 Å². The van der Waals surface area contributed by atoms with Gasteiger partial charge in [0.15, 0.2) is 0 Å². The molecule has 0 bridgehead atoms. The molecular formula is C12H20F3NO4. The maximum Gasteiger partial charge on any atom is 0.411 e. The second kappa shape index (κ2) is 7.47. The Hall–Kier alpha value is -1.31. The van der Waals surface area contributed by atoms with Crippen molar-refractivity contribution in [2.75, 3.05) is 13.2 Å². The van der Waals surface area contributed by atoms with E-state index in [1.807, 2.05) is 0 Å². The van der Waals surface area contributed by atoms with Crippen LogP contribution < -0.4 is 5.32 Å². The Kier molecular flexibility index (Phi) is 6.98. The lowest BCUT2D eigenvalue weighted by molar-refractivity contribution is -0.174. The van der Waals surface area contributed by atoms with Crippen LogP contribution in [0.3, 0.4) is 0 Å². The van der Waals surface area contributed by atoms with E-state index in [4.69, 9.17) is 5.11 Å². The van der Waals surface area contributed by atoms with Gasteiger partial charge in [-0.2, -0.15) is 13.2 Å². The molecule has 0 spiro atoms. The quantitative estimate of drug-likeness (QED) is 0.705. The molecule has 0 radical (unpaired) electrons. The lowest BCUT2D eigenvalue weighted by Crippen LogP contribution is -2.45. The minimum Gasteiger partial charge on any atom is -0.481 e. The molecular weight excluding hydrogens is 279 g/mol. The van der Waals surface area contributed by atoms with Gasteiger partial charge in [-0.25, -0.2) is 0 Å². The number of halogens is 3. The number of carbonyl (C=O) groups is 2. The van der Waals surface area contributed by atoms with Crippen molar-refractivity contribution in [1.29, 1.82) is 0 Å². The second-order valence-electron chi connectivity index (χ2n) is 5.50. The molecule has 0 aliphatic rings. The SMILES string of the molecule is CC(C)(C)C(CC(=O)O)NC(=O)CCOCC(F)(F)F. The fraction of sp³-hybridized carbons (Fsp3) is 0.833. The summed E-state index contributed by atoms with van der Waals surface area (Å²) in [4.78, 5) is 22.2. The fourth-order valence-corrected chi connectivity index (χ4v) is 1.37. The van der Waals surface area contributed by atoms with Crippen molar-refractivity contribution in [2.45, 2.75) is 45.8 Å². The summed E-state index contributed by atoms with van der Waals surface area (Å²) in [6.07, 6.45) is -4.92. The maximum atomic E-state index is 11.8. The summed E-state index contributed by atoms with van der Waals surface area (Å²) in [6.45, 7) is 3.52. The molecule has 8 heteroatoms. The van der Waals surface area contributed by atoms with Crippen LogP contribution in [0.4, 0.5) is 13.2 Å². The van der Waals surface area contributed by atoms with Gasteiger partial charge in [-0.05, 0) is 5.41 Å². The summed E-state index contributed by atoms with van der Waals surface area (Å²) in [5.41, 5.74) is -0.471. The first-order chi connectivity index (χ1) is 8.92. The standard InChI is InChI=1S/C12H20F3NO4/c1-11(2,3)8(6-10(18)19)16-9(17)4-5-20-7-12(13,14)15/h8H,4-7H2,1-3H3,(H,16,17)(H,18,19). The highest BCUT2D eigenvalue weighted by Crippen LogP contribution is 2.22. The molecule has 2 N–H and O–H groups in total. The number of carboxylic acid groups (broad SMARTS) is 1. The minimum absolute atomic E-state index is 0.248. The smallest absolute Gasteiger partial charge is 0.411 e. The summed E-state index contributed by atoms with van der Waals surface area (Å²) in [5.74, 6) is -1.59. The number of rotatable bonds is 7. The topological polar surface area (TPSA) is 75.6 Å². The van der Waals surface area contributed by atoms with Crippen molar-refractivity contribution < 1.29 is 32.6 Å². The molecule has 0 aromatic rings. The van der Waals surface area contributed by atoms with E-state index in [0.29, 0.717) is 0 Å². The largest absolute Gasteiger partial charge is 0.481 e. The summed E-state index contributed by atoms with van der Waals surface area (Å²) >= 11 is 0. The predicted octanol–water partition coefficient (Wildman–Crippen LogP) is 1.96. The zero-order valence-electron chi connectivity index (χ0n) is 11.7. The Balaban J connectivity index is 4.17.